The van der Waals surface area contributed by atoms with Crippen molar-refractivity contribution in [1.29, 1.82) is 0 Å². The molecule has 2 aromatic carbocycles. The summed E-state index contributed by atoms with van der Waals surface area (Å²) in [6.45, 7) is 1.85. The summed E-state index contributed by atoms with van der Waals surface area (Å²) in [5.41, 5.74) is 2.04. The van der Waals surface area contributed by atoms with E-state index in [2.05, 4.69) is 10.6 Å². The molecule has 0 aliphatic heterocycles. The smallest absolute Gasteiger partial charge is 0.257 e. The molecule has 0 bridgehead atoms. The van der Waals surface area contributed by atoms with Crippen LogP contribution in [0.4, 0.5) is 11.4 Å². The second-order valence-electron chi connectivity index (χ2n) is 4.89. The van der Waals surface area contributed by atoms with Gasteiger partial charge in [0.15, 0.2) is 0 Å². The Morgan fingerprint density at radius 1 is 1.17 bits per heavy atom. The maximum absolute atomic E-state index is 12.5. The van der Waals surface area contributed by atoms with Crippen LogP contribution < -0.4 is 15.8 Å². The fourth-order valence-electron chi connectivity index (χ4n) is 2.07. The van der Waals surface area contributed by atoms with Crippen molar-refractivity contribution in [2.75, 3.05) is 17.7 Å². The number of amides is 1. The predicted octanol–water partition coefficient (Wildman–Crippen LogP) is 2.59. The topological polar surface area (TPSA) is 101 Å². The van der Waals surface area contributed by atoms with E-state index in [1.165, 1.54) is 6.07 Å². The van der Waals surface area contributed by atoms with Crippen molar-refractivity contribution in [3.8, 4) is 0 Å². The number of hydrogen-bond donors (Lipinski definition) is 3. The molecule has 2 rings (SSSR count). The minimum Gasteiger partial charge on any atom is -0.387 e. The molecule has 0 aliphatic rings. The number of hydrogen-bond acceptors (Lipinski definition) is 4. The Kier molecular flexibility index (Phi) is 4.93. The quantitative estimate of drug-likeness (QED) is 0.786. The predicted molar refractivity (Wildman–Crippen MR) is 91.5 cm³/mol. The molecule has 0 aliphatic carbocycles. The highest BCUT2D eigenvalue weighted by Crippen LogP contribution is 2.29. The number of carbonyl (C=O) groups is 1. The van der Waals surface area contributed by atoms with Gasteiger partial charge in [-0.25, -0.2) is 13.6 Å². The van der Waals surface area contributed by atoms with Crippen molar-refractivity contribution in [3.63, 3.8) is 0 Å². The number of carbonyl (C=O) groups excluding carboxylic acids is 1. The van der Waals surface area contributed by atoms with Crippen LogP contribution in [0.25, 0.3) is 0 Å². The molecule has 0 fully saturated rings. The van der Waals surface area contributed by atoms with Crippen molar-refractivity contribution in [1.82, 2.24) is 0 Å². The summed E-state index contributed by atoms with van der Waals surface area (Å²) in [6, 6.07) is 9.77. The minimum atomic E-state index is -4.04. The minimum absolute atomic E-state index is 0.0516. The SMILES string of the molecule is CNc1cc(Cl)c(S(N)(=O)=O)cc1C(=O)Nc1ccccc1C. The number of nitrogens with one attached hydrogen (secondary N) is 2. The van der Waals surface area contributed by atoms with Crippen LogP contribution in [0.1, 0.15) is 15.9 Å². The van der Waals surface area contributed by atoms with Crippen molar-refractivity contribution in [2.45, 2.75) is 11.8 Å². The molecule has 0 aromatic heterocycles. The third-order valence-electron chi connectivity index (χ3n) is 3.29. The summed E-state index contributed by atoms with van der Waals surface area (Å²) in [4.78, 5) is 12.2. The first-order valence-electron chi connectivity index (χ1n) is 6.65. The highest BCUT2D eigenvalue weighted by atomic mass is 35.5. The zero-order valence-electron chi connectivity index (χ0n) is 12.6. The number of rotatable bonds is 4. The Morgan fingerprint density at radius 3 is 2.39 bits per heavy atom. The van der Waals surface area contributed by atoms with Crippen LogP contribution in [-0.2, 0) is 10.0 Å². The molecule has 0 spiro atoms. The average molecular weight is 354 g/mol. The van der Waals surface area contributed by atoms with Crippen LogP contribution in [-0.4, -0.2) is 21.4 Å². The first-order valence-corrected chi connectivity index (χ1v) is 8.57. The second-order valence-corrected chi connectivity index (χ2v) is 6.83. The Hall–Kier alpha value is -2.09. The van der Waals surface area contributed by atoms with E-state index >= 15 is 0 Å². The van der Waals surface area contributed by atoms with Crippen molar-refractivity contribution in [2.24, 2.45) is 5.14 Å². The van der Waals surface area contributed by atoms with E-state index in [9.17, 15) is 13.2 Å². The summed E-state index contributed by atoms with van der Waals surface area (Å²) in [7, 11) is -2.43. The fourth-order valence-corrected chi connectivity index (χ4v) is 3.17. The van der Waals surface area contributed by atoms with Gasteiger partial charge in [-0.15, -0.1) is 0 Å². The van der Waals surface area contributed by atoms with Gasteiger partial charge in [0, 0.05) is 18.4 Å². The van der Waals surface area contributed by atoms with Gasteiger partial charge in [0.1, 0.15) is 4.90 Å². The van der Waals surface area contributed by atoms with E-state index < -0.39 is 15.9 Å². The monoisotopic (exact) mass is 353 g/mol. The zero-order valence-corrected chi connectivity index (χ0v) is 14.1. The molecule has 1 amide bonds. The van der Waals surface area contributed by atoms with Gasteiger partial charge in [-0.3, -0.25) is 4.79 Å². The molecule has 0 heterocycles. The molecule has 0 unspecified atom stereocenters. The van der Waals surface area contributed by atoms with E-state index in [0.29, 0.717) is 11.4 Å². The molecule has 0 saturated carbocycles. The van der Waals surface area contributed by atoms with Crippen LogP contribution >= 0.6 is 11.6 Å². The van der Waals surface area contributed by atoms with Crippen LogP contribution in [0.2, 0.25) is 5.02 Å². The third-order valence-corrected chi connectivity index (χ3v) is 4.66. The maximum Gasteiger partial charge on any atom is 0.257 e. The molecular weight excluding hydrogens is 338 g/mol. The maximum atomic E-state index is 12.5. The Morgan fingerprint density at radius 2 is 1.83 bits per heavy atom. The lowest BCUT2D eigenvalue weighted by Crippen LogP contribution is -2.18. The molecule has 0 saturated heterocycles. The largest absolute Gasteiger partial charge is 0.387 e. The van der Waals surface area contributed by atoms with Crippen LogP contribution in [0.5, 0.6) is 0 Å². The normalized spacial score (nSPS) is 11.1. The Balaban J connectivity index is 2.49. The van der Waals surface area contributed by atoms with Gasteiger partial charge in [-0.05, 0) is 30.7 Å². The first kappa shape index (κ1) is 17.3. The van der Waals surface area contributed by atoms with Gasteiger partial charge in [-0.1, -0.05) is 29.8 Å². The first-order chi connectivity index (χ1) is 10.7. The molecule has 23 heavy (non-hydrogen) atoms. The van der Waals surface area contributed by atoms with Gasteiger partial charge in [0.05, 0.1) is 10.6 Å². The number of para-hydroxylation sites is 1. The lowest BCUT2D eigenvalue weighted by atomic mass is 10.1. The number of nitrogens with two attached hydrogens (primary N) is 1. The molecule has 0 atom stereocenters. The Bertz CT molecular complexity index is 866. The summed E-state index contributed by atoms with van der Waals surface area (Å²) in [6.07, 6.45) is 0. The van der Waals surface area contributed by atoms with Gasteiger partial charge in [0.2, 0.25) is 10.0 Å². The summed E-state index contributed by atoms with van der Waals surface area (Å²) in [5, 5.41) is 10.6. The van der Waals surface area contributed by atoms with Crippen LogP contribution in [0, 0.1) is 6.92 Å². The van der Waals surface area contributed by atoms with Gasteiger partial charge in [0.25, 0.3) is 5.91 Å². The van der Waals surface area contributed by atoms with Gasteiger partial charge < -0.3 is 10.6 Å². The number of aryl methyl sites for hydroxylation is 1. The highest BCUT2D eigenvalue weighted by Gasteiger charge is 2.20. The van der Waals surface area contributed by atoms with Crippen LogP contribution in [0.15, 0.2) is 41.3 Å². The summed E-state index contributed by atoms with van der Waals surface area (Å²) >= 11 is 5.92. The number of anilines is 2. The molecule has 0 radical (unpaired) electrons. The van der Waals surface area contributed by atoms with Crippen molar-refractivity contribution >= 4 is 38.9 Å². The molecular formula is C15H16ClN3O3S. The fraction of sp³-hybridized carbons (Fsp3) is 0.133. The molecule has 6 nitrogen and oxygen atoms in total. The molecule has 4 N–H and O–H groups in total. The lowest BCUT2D eigenvalue weighted by Gasteiger charge is -2.13. The van der Waals surface area contributed by atoms with E-state index in [4.69, 9.17) is 16.7 Å². The van der Waals surface area contributed by atoms with Crippen LogP contribution in [0.3, 0.4) is 0 Å². The summed E-state index contributed by atoms with van der Waals surface area (Å²) in [5.74, 6) is -0.467. The third kappa shape index (κ3) is 3.82. The average Bonchev–Trinajstić information content (AvgIpc) is 2.47. The standard InChI is InChI=1S/C15H16ClN3O3S/c1-9-5-3-4-6-12(9)19-15(20)10-7-14(23(17,21)22)11(16)8-13(10)18-2/h3-8,18H,1-2H3,(H,19,20)(H2,17,21,22). The van der Waals surface area contributed by atoms with E-state index in [1.54, 1.807) is 19.2 Å². The van der Waals surface area contributed by atoms with E-state index in [1.807, 2.05) is 19.1 Å². The number of sulfonamides is 1. The van der Waals surface area contributed by atoms with Gasteiger partial charge in [-0.2, -0.15) is 0 Å². The summed E-state index contributed by atoms with van der Waals surface area (Å²) < 4.78 is 23.2. The molecule has 8 heteroatoms. The molecule has 122 valence electrons. The number of halogens is 1. The van der Waals surface area contributed by atoms with E-state index in [-0.39, 0.29) is 15.5 Å². The number of benzene rings is 2. The highest BCUT2D eigenvalue weighted by molar-refractivity contribution is 7.89. The Labute approximate surface area is 139 Å². The second kappa shape index (κ2) is 6.57. The lowest BCUT2D eigenvalue weighted by molar-refractivity contribution is 0.102. The van der Waals surface area contributed by atoms with Gasteiger partial charge >= 0.3 is 0 Å². The zero-order chi connectivity index (χ0) is 17.2. The van der Waals surface area contributed by atoms with E-state index in [0.717, 1.165) is 11.6 Å². The number of primary sulfonamides is 1. The molecule has 2 aromatic rings. The van der Waals surface area contributed by atoms with Crippen molar-refractivity contribution < 1.29 is 13.2 Å². The van der Waals surface area contributed by atoms with Crippen molar-refractivity contribution in [3.05, 3.63) is 52.5 Å².